The minimum atomic E-state index is -0.580. The molecule has 4 aromatic rings. The van der Waals surface area contributed by atoms with Crippen LogP contribution in [-0.4, -0.2) is 23.2 Å². The van der Waals surface area contributed by atoms with Gasteiger partial charge in [0.25, 0.3) is 0 Å². The Morgan fingerprint density at radius 1 is 1.03 bits per heavy atom. The first-order chi connectivity index (χ1) is 14.6. The molecule has 1 aromatic heterocycles. The highest BCUT2D eigenvalue weighted by atomic mass is 16.5. The third kappa shape index (κ3) is 2.69. The highest BCUT2D eigenvalue weighted by molar-refractivity contribution is 6.26. The number of methoxy groups -OCH3 is 1. The first-order valence-electron chi connectivity index (χ1n) is 9.72. The van der Waals surface area contributed by atoms with Gasteiger partial charge in [-0.15, -0.1) is 0 Å². The molecule has 5 rings (SSSR count). The fourth-order valence-electron chi connectivity index (χ4n) is 3.86. The summed E-state index contributed by atoms with van der Waals surface area (Å²) in [6.07, 6.45) is 0.0112. The van der Waals surface area contributed by atoms with Gasteiger partial charge in [0.05, 0.1) is 24.2 Å². The van der Waals surface area contributed by atoms with E-state index in [0.29, 0.717) is 51.5 Å². The lowest BCUT2D eigenvalue weighted by Crippen LogP contribution is -2.10. The van der Waals surface area contributed by atoms with Gasteiger partial charge in [-0.1, -0.05) is 42.4 Å². The van der Waals surface area contributed by atoms with E-state index in [0.717, 1.165) is 11.1 Å². The second kappa shape index (κ2) is 7.00. The zero-order chi connectivity index (χ0) is 20.8. The number of fused-ring (bicyclic) bond motifs is 2. The number of ketones is 1. The molecule has 1 atom stereocenters. The molecule has 1 N–H and O–H groups in total. The molecule has 150 valence electrons. The third-order valence-corrected chi connectivity index (χ3v) is 5.43. The van der Waals surface area contributed by atoms with Gasteiger partial charge in [-0.25, -0.2) is 0 Å². The van der Waals surface area contributed by atoms with E-state index in [2.05, 4.69) is 5.16 Å². The van der Waals surface area contributed by atoms with Crippen molar-refractivity contribution < 1.29 is 23.9 Å². The molecule has 0 amide bonds. The predicted octanol–water partition coefficient (Wildman–Crippen LogP) is 5.28. The standard InChI is InChI=1S/C24H19NO5/c1-3-17(26)13-8-10-18(20(12-13)28-2)29-19-11-9-16-21-22(19)23(27)14-6-4-5-7-15(14)24(21)30-25-16/h4-12,17,26H,3H2,1-2H3/t17-/m1/s1. The molecule has 0 aliphatic heterocycles. The zero-order valence-electron chi connectivity index (χ0n) is 16.5. The van der Waals surface area contributed by atoms with E-state index in [9.17, 15) is 9.90 Å². The van der Waals surface area contributed by atoms with Crippen LogP contribution in [0.25, 0.3) is 22.2 Å². The van der Waals surface area contributed by atoms with E-state index in [4.69, 9.17) is 14.0 Å². The van der Waals surface area contributed by atoms with Gasteiger partial charge in [0.2, 0.25) is 0 Å². The Balaban J connectivity index is 1.65. The fourth-order valence-corrected chi connectivity index (χ4v) is 3.86. The summed E-state index contributed by atoms with van der Waals surface area (Å²) in [6.45, 7) is 1.90. The third-order valence-electron chi connectivity index (χ3n) is 5.43. The highest BCUT2D eigenvalue weighted by Gasteiger charge is 2.32. The van der Waals surface area contributed by atoms with Crippen molar-refractivity contribution in [3.8, 4) is 28.6 Å². The molecule has 0 saturated heterocycles. The molecule has 1 heterocycles. The molecule has 0 spiro atoms. The van der Waals surface area contributed by atoms with Crippen LogP contribution < -0.4 is 9.47 Å². The van der Waals surface area contributed by atoms with E-state index < -0.39 is 6.10 Å². The fraction of sp³-hybridized carbons (Fsp3) is 0.167. The molecule has 6 nitrogen and oxygen atoms in total. The number of hydrogen-bond donors (Lipinski definition) is 1. The van der Waals surface area contributed by atoms with Crippen molar-refractivity contribution in [3.05, 3.63) is 71.3 Å². The second-order valence-corrected chi connectivity index (χ2v) is 7.16. The lowest BCUT2D eigenvalue weighted by Gasteiger charge is -2.18. The van der Waals surface area contributed by atoms with Gasteiger partial charge in [0, 0.05) is 11.1 Å². The van der Waals surface area contributed by atoms with Crippen LogP contribution in [-0.2, 0) is 0 Å². The lowest BCUT2D eigenvalue weighted by molar-refractivity contribution is 0.103. The lowest BCUT2D eigenvalue weighted by atomic mass is 9.87. The summed E-state index contributed by atoms with van der Waals surface area (Å²) < 4.78 is 17.2. The maximum absolute atomic E-state index is 13.3. The number of aliphatic hydroxyl groups excluding tert-OH is 1. The Hall–Kier alpha value is -3.64. The molecule has 3 aromatic carbocycles. The Morgan fingerprint density at radius 2 is 1.80 bits per heavy atom. The normalized spacial score (nSPS) is 13.2. The average Bonchev–Trinajstić information content (AvgIpc) is 3.22. The van der Waals surface area contributed by atoms with Crippen molar-refractivity contribution in [1.29, 1.82) is 0 Å². The number of ether oxygens (including phenoxy) is 2. The smallest absolute Gasteiger partial charge is 0.198 e. The quantitative estimate of drug-likeness (QED) is 0.431. The largest absolute Gasteiger partial charge is 0.493 e. The predicted molar refractivity (Wildman–Crippen MR) is 111 cm³/mol. The minimum absolute atomic E-state index is 0.140. The molecule has 0 fully saturated rings. The number of benzene rings is 3. The summed E-state index contributed by atoms with van der Waals surface area (Å²) in [5.41, 5.74) is 3.04. The van der Waals surface area contributed by atoms with Crippen LogP contribution in [0.15, 0.2) is 59.1 Å². The van der Waals surface area contributed by atoms with Gasteiger partial charge < -0.3 is 19.1 Å². The maximum Gasteiger partial charge on any atom is 0.198 e. The van der Waals surface area contributed by atoms with Gasteiger partial charge in [-0.3, -0.25) is 4.79 Å². The van der Waals surface area contributed by atoms with Crippen molar-refractivity contribution in [2.75, 3.05) is 7.11 Å². The Morgan fingerprint density at radius 3 is 2.57 bits per heavy atom. The number of aliphatic hydroxyl groups is 1. The maximum atomic E-state index is 13.3. The van der Waals surface area contributed by atoms with Crippen molar-refractivity contribution in [1.82, 2.24) is 5.16 Å². The first-order valence-corrected chi connectivity index (χ1v) is 9.72. The molecule has 0 saturated carbocycles. The van der Waals surface area contributed by atoms with Gasteiger partial charge in [-0.2, -0.15) is 0 Å². The number of aromatic nitrogens is 1. The van der Waals surface area contributed by atoms with Crippen LogP contribution in [0.1, 0.15) is 40.9 Å². The Bertz CT molecular complexity index is 1290. The molecule has 1 aliphatic rings. The van der Waals surface area contributed by atoms with Crippen molar-refractivity contribution in [2.45, 2.75) is 19.4 Å². The molecule has 0 bridgehead atoms. The highest BCUT2D eigenvalue weighted by Crippen LogP contribution is 2.45. The summed E-state index contributed by atoms with van der Waals surface area (Å²) in [6, 6.07) is 16.1. The number of carbonyl (C=O) groups excluding carboxylic acids is 1. The molecular formula is C24H19NO5. The molecule has 30 heavy (non-hydrogen) atoms. The zero-order valence-corrected chi connectivity index (χ0v) is 16.5. The van der Waals surface area contributed by atoms with E-state index in [1.54, 1.807) is 36.4 Å². The minimum Gasteiger partial charge on any atom is -0.493 e. The van der Waals surface area contributed by atoms with E-state index >= 15 is 0 Å². The SMILES string of the molecule is CC[C@@H](O)c1ccc(Oc2ccc3noc4c3c2C(=O)c2ccccc2-4)c(OC)c1. The number of nitrogens with zero attached hydrogens (tertiary/aromatic N) is 1. The molecular weight excluding hydrogens is 382 g/mol. The Kier molecular flexibility index (Phi) is 4.29. The summed E-state index contributed by atoms with van der Waals surface area (Å²) >= 11 is 0. The van der Waals surface area contributed by atoms with Crippen LogP contribution in [0.5, 0.6) is 17.2 Å². The van der Waals surface area contributed by atoms with E-state index in [1.807, 2.05) is 25.1 Å². The molecule has 1 aliphatic carbocycles. The number of carbonyl (C=O) groups is 1. The number of hydrogen-bond acceptors (Lipinski definition) is 6. The average molecular weight is 401 g/mol. The van der Waals surface area contributed by atoms with Gasteiger partial charge in [0.1, 0.15) is 11.3 Å². The summed E-state index contributed by atoms with van der Waals surface area (Å²) in [5.74, 6) is 1.74. The first kappa shape index (κ1) is 18.4. The van der Waals surface area contributed by atoms with Crippen LogP contribution in [0.2, 0.25) is 0 Å². The van der Waals surface area contributed by atoms with E-state index in [1.165, 1.54) is 7.11 Å². The number of rotatable bonds is 5. The van der Waals surface area contributed by atoms with Crippen LogP contribution in [0.3, 0.4) is 0 Å². The van der Waals surface area contributed by atoms with Crippen molar-refractivity contribution >= 4 is 16.7 Å². The molecule has 6 heteroatoms. The second-order valence-electron chi connectivity index (χ2n) is 7.16. The van der Waals surface area contributed by atoms with E-state index in [-0.39, 0.29) is 5.78 Å². The summed E-state index contributed by atoms with van der Waals surface area (Å²) in [4.78, 5) is 13.3. The topological polar surface area (TPSA) is 81.8 Å². The summed E-state index contributed by atoms with van der Waals surface area (Å²) in [5, 5.41) is 14.9. The van der Waals surface area contributed by atoms with Crippen LogP contribution in [0, 0.1) is 0 Å². The van der Waals surface area contributed by atoms with Gasteiger partial charge in [0.15, 0.2) is 23.0 Å². The Labute approximate surface area is 172 Å². The van der Waals surface area contributed by atoms with Gasteiger partial charge in [-0.05, 0) is 36.2 Å². The van der Waals surface area contributed by atoms with Crippen molar-refractivity contribution in [2.24, 2.45) is 0 Å². The monoisotopic (exact) mass is 401 g/mol. The van der Waals surface area contributed by atoms with Crippen LogP contribution >= 0.6 is 0 Å². The van der Waals surface area contributed by atoms with Crippen LogP contribution in [0.4, 0.5) is 0 Å². The summed E-state index contributed by atoms with van der Waals surface area (Å²) in [7, 11) is 1.54. The van der Waals surface area contributed by atoms with Crippen molar-refractivity contribution in [3.63, 3.8) is 0 Å². The molecule has 0 radical (unpaired) electrons. The van der Waals surface area contributed by atoms with Gasteiger partial charge >= 0.3 is 0 Å². The molecule has 0 unspecified atom stereocenters.